The molecule has 1 aromatic carbocycles. The predicted molar refractivity (Wildman–Crippen MR) is 212 cm³/mol. The molecule has 0 aliphatic heterocycles. The molecule has 1 aliphatic rings. The van der Waals surface area contributed by atoms with Crippen molar-refractivity contribution in [2.75, 3.05) is 13.1 Å². The number of phosphoric ester groups is 1. The van der Waals surface area contributed by atoms with E-state index in [4.69, 9.17) is 9.79 Å². The number of phosphoric acid groups is 1. The van der Waals surface area contributed by atoms with Gasteiger partial charge < -0.3 is 9.63 Å². The number of amides is 1. The van der Waals surface area contributed by atoms with E-state index >= 15 is 0 Å². The molecule has 304 valence electrons. The first kappa shape index (κ1) is 46.9. The number of hydrazine groups is 1. The first-order chi connectivity index (χ1) is 25.4. The Bertz CT molecular complexity index is 1220. The standard InChI is InChI=1S/C41H72N3O8P/c1-4-6-7-8-9-10-11-12-13-14-15-16-17-21-33-43-44(38(45)31-28-36-26-29-37(30-27-36)52-53(49,50)51)34(3)39(46)41(5-2,40(47)48)42-32-22-25-35-23-19-18-20-24-35/h26-27,29-30,34-35,42-43H,4-25,28,31-33H2,1-3H3,(H,47,48)(H2,49,50,51). The van der Waals surface area contributed by atoms with Crippen LogP contribution in [0.4, 0.5) is 0 Å². The third-order valence-electron chi connectivity index (χ3n) is 10.9. The molecule has 1 saturated carbocycles. The van der Waals surface area contributed by atoms with Gasteiger partial charge in [0.05, 0.1) is 0 Å². The van der Waals surface area contributed by atoms with Gasteiger partial charge in [-0.1, -0.05) is 142 Å². The third kappa shape index (κ3) is 18.7. The number of nitrogens with zero attached hydrogens (tertiary/aromatic N) is 1. The van der Waals surface area contributed by atoms with Crippen molar-refractivity contribution in [3.05, 3.63) is 29.8 Å². The highest BCUT2D eigenvalue weighted by Crippen LogP contribution is 2.37. The summed E-state index contributed by atoms with van der Waals surface area (Å²) in [5, 5.41) is 14.8. The van der Waals surface area contributed by atoms with Crippen molar-refractivity contribution in [1.82, 2.24) is 15.8 Å². The van der Waals surface area contributed by atoms with E-state index in [0.29, 0.717) is 25.4 Å². The molecule has 2 unspecified atom stereocenters. The van der Waals surface area contributed by atoms with E-state index in [-0.39, 0.29) is 24.5 Å². The summed E-state index contributed by atoms with van der Waals surface area (Å²) < 4.78 is 15.8. The predicted octanol–water partition coefficient (Wildman–Crippen LogP) is 9.05. The second-order valence-corrected chi connectivity index (χ2v) is 16.3. The first-order valence-corrected chi connectivity index (χ1v) is 22.4. The quantitative estimate of drug-likeness (QED) is 0.0213. The summed E-state index contributed by atoms with van der Waals surface area (Å²) in [7, 11) is -4.69. The van der Waals surface area contributed by atoms with Gasteiger partial charge in [-0.2, -0.15) is 0 Å². The Morgan fingerprint density at radius 3 is 1.89 bits per heavy atom. The lowest BCUT2D eigenvalue weighted by atomic mass is 9.85. The minimum absolute atomic E-state index is 0.0138. The number of carboxylic acid groups (broad SMARTS) is 1. The number of hydrogen-bond donors (Lipinski definition) is 5. The number of carbonyl (C=O) groups excluding carboxylic acids is 2. The van der Waals surface area contributed by atoms with Gasteiger partial charge in [0, 0.05) is 13.0 Å². The molecule has 1 fully saturated rings. The number of unbranched alkanes of at least 4 members (excludes halogenated alkanes) is 13. The third-order valence-corrected chi connectivity index (χ3v) is 11.3. The van der Waals surface area contributed by atoms with Crippen molar-refractivity contribution >= 4 is 25.5 Å². The molecule has 12 heteroatoms. The fourth-order valence-corrected chi connectivity index (χ4v) is 7.94. The van der Waals surface area contributed by atoms with Crippen LogP contribution in [0.1, 0.15) is 174 Å². The van der Waals surface area contributed by atoms with E-state index in [0.717, 1.165) is 37.7 Å². The normalized spacial score (nSPS) is 15.5. The zero-order valence-electron chi connectivity index (χ0n) is 33.1. The molecule has 0 bridgehead atoms. The van der Waals surface area contributed by atoms with Crippen LogP contribution >= 0.6 is 7.82 Å². The lowest BCUT2D eigenvalue weighted by Crippen LogP contribution is -2.65. The Labute approximate surface area is 320 Å². The molecule has 0 spiro atoms. The molecule has 1 amide bonds. The van der Waals surface area contributed by atoms with Crippen LogP contribution < -0.4 is 15.3 Å². The van der Waals surface area contributed by atoms with Gasteiger partial charge in [0.2, 0.25) is 5.91 Å². The largest absolute Gasteiger partial charge is 0.524 e. The number of rotatable bonds is 31. The van der Waals surface area contributed by atoms with Crippen LogP contribution in [0.15, 0.2) is 24.3 Å². The van der Waals surface area contributed by atoms with Crippen molar-refractivity contribution in [3.63, 3.8) is 0 Å². The Morgan fingerprint density at radius 1 is 0.830 bits per heavy atom. The zero-order valence-corrected chi connectivity index (χ0v) is 34.0. The Hall–Kier alpha value is -2.30. The van der Waals surface area contributed by atoms with Crippen LogP contribution in [0.5, 0.6) is 5.75 Å². The molecule has 0 heterocycles. The molecule has 1 aliphatic carbocycles. The highest BCUT2D eigenvalue weighted by atomic mass is 31.2. The van der Waals surface area contributed by atoms with Crippen LogP contribution in [0, 0.1) is 5.92 Å². The average molecular weight is 766 g/mol. The Kier molecular flexibility index (Phi) is 23.4. The smallest absolute Gasteiger partial charge is 0.480 e. The van der Waals surface area contributed by atoms with Gasteiger partial charge in [-0.05, 0) is 69.2 Å². The van der Waals surface area contributed by atoms with Gasteiger partial charge in [0.25, 0.3) is 0 Å². The summed E-state index contributed by atoms with van der Waals surface area (Å²) in [5.74, 6) is -1.44. The van der Waals surface area contributed by atoms with Crippen molar-refractivity contribution in [3.8, 4) is 5.75 Å². The summed E-state index contributed by atoms with van der Waals surface area (Å²) in [6.45, 7) is 6.44. The van der Waals surface area contributed by atoms with E-state index in [9.17, 15) is 24.1 Å². The average Bonchev–Trinajstić information content (AvgIpc) is 3.13. The highest BCUT2D eigenvalue weighted by Gasteiger charge is 2.48. The molecule has 0 aromatic heterocycles. The van der Waals surface area contributed by atoms with Crippen LogP contribution in [0.25, 0.3) is 0 Å². The van der Waals surface area contributed by atoms with E-state index in [1.54, 1.807) is 26.0 Å². The number of carbonyl (C=O) groups is 3. The Balaban J connectivity index is 1.96. The second-order valence-electron chi connectivity index (χ2n) is 15.2. The maximum absolute atomic E-state index is 14.1. The number of nitrogens with one attached hydrogen (secondary N) is 2. The van der Waals surface area contributed by atoms with E-state index in [2.05, 4.69) is 22.2 Å². The molecule has 1 aromatic rings. The maximum Gasteiger partial charge on any atom is 0.524 e. The van der Waals surface area contributed by atoms with Gasteiger partial charge in [-0.15, -0.1) is 0 Å². The summed E-state index contributed by atoms with van der Waals surface area (Å²) in [6, 6.07) is 5.08. The molecule has 11 nitrogen and oxygen atoms in total. The minimum Gasteiger partial charge on any atom is -0.480 e. The number of hydrogen-bond acceptors (Lipinski definition) is 7. The lowest BCUT2D eigenvalue weighted by molar-refractivity contribution is -0.155. The molecule has 5 N–H and O–H groups in total. The SMILES string of the molecule is CCCCCCCCCCCCCCCCNN(C(=O)CCc1ccc(OP(=O)(O)O)cc1)C(C)C(=O)C(CC)(NCCCC1CCCCC1)C(=O)O. The minimum atomic E-state index is -4.69. The van der Waals surface area contributed by atoms with Gasteiger partial charge >= 0.3 is 13.8 Å². The molecular formula is C41H72N3O8P. The molecule has 2 rings (SSSR count). The van der Waals surface area contributed by atoms with E-state index in [1.165, 1.54) is 120 Å². The summed E-state index contributed by atoms with van der Waals surface area (Å²) in [4.78, 5) is 58.7. The topological polar surface area (TPSA) is 166 Å². The van der Waals surface area contributed by atoms with Crippen molar-refractivity contribution in [2.45, 2.75) is 186 Å². The van der Waals surface area contributed by atoms with Crippen LogP contribution in [-0.4, -0.2) is 62.2 Å². The van der Waals surface area contributed by atoms with Crippen LogP contribution in [0.2, 0.25) is 0 Å². The van der Waals surface area contributed by atoms with Crippen LogP contribution in [0.3, 0.4) is 0 Å². The monoisotopic (exact) mass is 766 g/mol. The maximum atomic E-state index is 14.1. The van der Waals surface area contributed by atoms with E-state index < -0.39 is 31.2 Å². The first-order valence-electron chi connectivity index (χ1n) is 20.9. The molecule has 0 saturated heterocycles. The summed E-state index contributed by atoms with van der Waals surface area (Å²) in [6.07, 6.45) is 25.7. The van der Waals surface area contributed by atoms with Crippen molar-refractivity contribution in [2.24, 2.45) is 5.92 Å². The number of ketones is 1. The Morgan fingerprint density at radius 2 is 1.38 bits per heavy atom. The van der Waals surface area contributed by atoms with Gasteiger partial charge in [0.15, 0.2) is 11.3 Å². The number of aryl methyl sites for hydroxylation is 1. The van der Waals surface area contributed by atoms with Gasteiger partial charge in [0.1, 0.15) is 11.8 Å². The number of benzene rings is 1. The zero-order chi connectivity index (χ0) is 39.0. The highest BCUT2D eigenvalue weighted by molar-refractivity contribution is 7.46. The molecule has 2 atom stereocenters. The van der Waals surface area contributed by atoms with Gasteiger partial charge in [-0.25, -0.2) is 14.8 Å². The van der Waals surface area contributed by atoms with Gasteiger partial charge in [-0.3, -0.25) is 29.7 Å². The fraction of sp³-hybridized carbons (Fsp3) is 0.780. The van der Waals surface area contributed by atoms with E-state index in [1.807, 2.05) is 0 Å². The number of Topliss-reactive ketones (excluding diaryl/α,β-unsaturated/α-hetero) is 1. The molecule has 53 heavy (non-hydrogen) atoms. The summed E-state index contributed by atoms with van der Waals surface area (Å²) in [5.41, 5.74) is 2.13. The number of carboxylic acids is 1. The second kappa shape index (κ2) is 26.5. The van der Waals surface area contributed by atoms with Crippen molar-refractivity contribution in [1.29, 1.82) is 0 Å². The van der Waals surface area contributed by atoms with Crippen LogP contribution in [-0.2, 0) is 25.4 Å². The lowest BCUT2D eigenvalue weighted by Gasteiger charge is -2.36. The molecule has 0 radical (unpaired) electrons. The van der Waals surface area contributed by atoms with Crippen molar-refractivity contribution < 1.29 is 38.4 Å². The fourth-order valence-electron chi connectivity index (χ4n) is 7.55. The summed E-state index contributed by atoms with van der Waals surface area (Å²) >= 11 is 0. The molecular weight excluding hydrogens is 693 g/mol. The number of aliphatic carboxylic acids is 1.